The zero-order valence-corrected chi connectivity index (χ0v) is 19.1. The van der Waals surface area contributed by atoms with Gasteiger partial charge in [0.2, 0.25) is 0 Å². The first-order valence-electron chi connectivity index (χ1n) is 11.2. The summed E-state index contributed by atoms with van der Waals surface area (Å²) in [7, 11) is 0. The van der Waals surface area contributed by atoms with Crippen molar-refractivity contribution in [2.75, 3.05) is 24.6 Å². The van der Waals surface area contributed by atoms with Gasteiger partial charge in [-0.2, -0.15) is 0 Å². The van der Waals surface area contributed by atoms with Crippen LogP contribution in [0.25, 0.3) is 11.1 Å². The van der Waals surface area contributed by atoms with Gasteiger partial charge in [0.05, 0.1) is 6.10 Å². The van der Waals surface area contributed by atoms with E-state index < -0.39 is 12.4 Å². The Morgan fingerprint density at radius 3 is 2.25 bits per heavy atom. The van der Waals surface area contributed by atoms with Crippen molar-refractivity contribution in [1.82, 2.24) is 0 Å². The van der Waals surface area contributed by atoms with Crippen molar-refractivity contribution in [3.05, 3.63) is 88.9 Å². The molecule has 32 heavy (non-hydrogen) atoms. The minimum absolute atomic E-state index is 0.207. The normalized spacial score (nSPS) is 16.7. The Hall–Kier alpha value is -2.37. The SMILES string of the molecule is CCOC(O)c1ccc(N2CCC([C@H](O)c3ccccc3-c3ccc(Cl)cc3)CC2)cc1. The zero-order valence-electron chi connectivity index (χ0n) is 18.3. The maximum atomic E-state index is 11.3. The monoisotopic (exact) mass is 451 g/mol. The largest absolute Gasteiger partial charge is 0.388 e. The maximum absolute atomic E-state index is 11.3. The van der Waals surface area contributed by atoms with Crippen LogP contribution < -0.4 is 4.90 Å². The van der Waals surface area contributed by atoms with E-state index in [9.17, 15) is 10.2 Å². The van der Waals surface area contributed by atoms with Crippen LogP contribution in [-0.4, -0.2) is 29.9 Å². The Bertz CT molecular complexity index is 998. The number of halogens is 1. The highest BCUT2D eigenvalue weighted by molar-refractivity contribution is 6.30. The van der Waals surface area contributed by atoms with Crippen LogP contribution in [0.4, 0.5) is 5.69 Å². The quantitative estimate of drug-likeness (QED) is 0.433. The molecule has 1 aliphatic rings. The molecule has 1 aliphatic heterocycles. The van der Waals surface area contributed by atoms with Crippen LogP contribution in [0, 0.1) is 5.92 Å². The van der Waals surface area contributed by atoms with Crippen LogP contribution in [-0.2, 0) is 4.74 Å². The first-order chi connectivity index (χ1) is 15.6. The first kappa shape index (κ1) is 22.8. The Labute approximate surface area is 195 Å². The summed E-state index contributed by atoms with van der Waals surface area (Å²) in [5, 5.41) is 21.9. The molecule has 0 aromatic heterocycles. The van der Waals surface area contributed by atoms with Crippen LogP contribution in [0.1, 0.15) is 43.3 Å². The van der Waals surface area contributed by atoms with Gasteiger partial charge in [-0.1, -0.05) is 60.1 Å². The van der Waals surface area contributed by atoms with Gasteiger partial charge in [-0.05, 0) is 66.6 Å². The average Bonchev–Trinajstić information content (AvgIpc) is 2.84. The predicted molar refractivity (Wildman–Crippen MR) is 130 cm³/mol. The summed E-state index contributed by atoms with van der Waals surface area (Å²) in [6.07, 6.45) is 0.446. The summed E-state index contributed by atoms with van der Waals surface area (Å²) in [5.74, 6) is 0.207. The molecule has 3 aromatic rings. The van der Waals surface area contributed by atoms with E-state index in [0.717, 1.165) is 53.9 Å². The summed E-state index contributed by atoms with van der Waals surface area (Å²) < 4.78 is 5.25. The van der Waals surface area contributed by atoms with Gasteiger partial charge in [0.25, 0.3) is 0 Å². The summed E-state index contributed by atoms with van der Waals surface area (Å²) in [5.41, 5.74) is 4.99. The molecule has 1 fully saturated rings. The number of piperidine rings is 1. The van der Waals surface area contributed by atoms with Gasteiger partial charge in [0.1, 0.15) is 0 Å². The molecular weight excluding hydrogens is 422 g/mol. The Kier molecular flexibility index (Phi) is 7.48. The van der Waals surface area contributed by atoms with Crippen LogP contribution in [0.5, 0.6) is 0 Å². The molecule has 1 unspecified atom stereocenters. The number of nitrogens with zero attached hydrogens (tertiary/aromatic N) is 1. The standard InChI is InChI=1S/C27H30ClNO3/c1-2-32-27(31)21-9-13-23(14-10-21)29-17-15-20(16-18-29)26(30)25-6-4-3-5-24(25)19-7-11-22(28)12-8-19/h3-14,20,26-27,30-31H,2,15-18H2,1H3/t26-,27?/m0/s1. The fourth-order valence-electron chi connectivity index (χ4n) is 4.48. The molecule has 2 N–H and O–H groups in total. The van der Waals surface area contributed by atoms with E-state index >= 15 is 0 Å². The summed E-state index contributed by atoms with van der Waals surface area (Å²) in [4.78, 5) is 2.34. The summed E-state index contributed by atoms with van der Waals surface area (Å²) >= 11 is 6.05. The van der Waals surface area contributed by atoms with Gasteiger partial charge in [0.15, 0.2) is 6.29 Å². The second-order valence-electron chi connectivity index (χ2n) is 8.26. The Morgan fingerprint density at radius 2 is 1.59 bits per heavy atom. The summed E-state index contributed by atoms with van der Waals surface area (Å²) in [6.45, 7) is 4.11. The molecule has 0 radical (unpaired) electrons. The molecule has 0 aliphatic carbocycles. The number of hydrogen-bond acceptors (Lipinski definition) is 4. The number of aliphatic hydroxyl groups excluding tert-OH is 2. The van der Waals surface area contributed by atoms with Gasteiger partial charge in [0, 0.05) is 36.0 Å². The van der Waals surface area contributed by atoms with E-state index in [0.29, 0.717) is 11.6 Å². The summed E-state index contributed by atoms with van der Waals surface area (Å²) in [6, 6.07) is 23.8. The van der Waals surface area contributed by atoms with E-state index in [1.165, 1.54) is 0 Å². The lowest BCUT2D eigenvalue weighted by Gasteiger charge is -2.36. The molecule has 4 rings (SSSR count). The minimum atomic E-state index is -0.879. The topological polar surface area (TPSA) is 52.9 Å². The molecule has 4 nitrogen and oxygen atoms in total. The zero-order chi connectivity index (χ0) is 22.5. The van der Waals surface area contributed by atoms with Gasteiger partial charge in [-0.15, -0.1) is 0 Å². The number of rotatable bonds is 7. The van der Waals surface area contributed by atoms with E-state index in [-0.39, 0.29) is 5.92 Å². The number of aliphatic hydroxyl groups is 2. The average molecular weight is 452 g/mol. The molecule has 2 atom stereocenters. The first-order valence-corrected chi connectivity index (χ1v) is 11.6. The van der Waals surface area contributed by atoms with E-state index in [2.05, 4.69) is 11.0 Å². The van der Waals surface area contributed by atoms with Crippen LogP contribution >= 0.6 is 11.6 Å². The molecular formula is C27H30ClNO3. The second-order valence-corrected chi connectivity index (χ2v) is 8.70. The molecule has 168 valence electrons. The van der Waals surface area contributed by atoms with Gasteiger partial charge < -0.3 is 19.8 Å². The van der Waals surface area contributed by atoms with Crippen LogP contribution in [0.2, 0.25) is 5.02 Å². The fourth-order valence-corrected chi connectivity index (χ4v) is 4.60. The smallest absolute Gasteiger partial charge is 0.181 e. The molecule has 0 amide bonds. The molecule has 0 saturated carbocycles. The molecule has 5 heteroatoms. The van der Waals surface area contributed by atoms with Crippen molar-refractivity contribution in [2.45, 2.75) is 32.2 Å². The number of anilines is 1. The van der Waals surface area contributed by atoms with Crippen LogP contribution in [0.3, 0.4) is 0 Å². The molecule has 3 aromatic carbocycles. The van der Waals surface area contributed by atoms with Crippen molar-refractivity contribution in [1.29, 1.82) is 0 Å². The fraction of sp³-hybridized carbons (Fsp3) is 0.333. The lowest BCUT2D eigenvalue weighted by molar-refractivity contribution is -0.0979. The predicted octanol–water partition coefficient (Wildman–Crippen LogP) is 5.98. The molecule has 1 saturated heterocycles. The Balaban J connectivity index is 1.42. The Morgan fingerprint density at radius 1 is 0.938 bits per heavy atom. The van der Waals surface area contributed by atoms with Gasteiger partial charge >= 0.3 is 0 Å². The highest BCUT2D eigenvalue weighted by Crippen LogP contribution is 2.37. The van der Waals surface area contributed by atoms with E-state index in [4.69, 9.17) is 16.3 Å². The number of ether oxygens (including phenoxy) is 1. The number of benzene rings is 3. The lowest BCUT2D eigenvalue weighted by Crippen LogP contribution is -2.35. The van der Waals surface area contributed by atoms with Crippen molar-refractivity contribution < 1.29 is 14.9 Å². The van der Waals surface area contributed by atoms with Crippen LogP contribution in [0.15, 0.2) is 72.8 Å². The van der Waals surface area contributed by atoms with E-state index in [1.54, 1.807) is 0 Å². The van der Waals surface area contributed by atoms with Gasteiger partial charge in [-0.25, -0.2) is 0 Å². The number of hydrogen-bond donors (Lipinski definition) is 2. The maximum Gasteiger partial charge on any atom is 0.181 e. The van der Waals surface area contributed by atoms with Crippen molar-refractivity contribution >= 4 is 17.3 Å². The van der Waals surface area contributed by atoms with Crippen molar-refractivity contribution in [3.8, 4) is 11.1 Å². The van der Waals surface area contributed by atoms with Crippen molar-refractivity contribution in [3.63, 3.8) is 0 Å². The molecule has 0 bridgehead atoms. The third-order valence-corrected chi connectivity index (χ3v) is 6.54. The highest BCUT2D eigenvalue weighted by atomic mass is 35.5. The van der Waals surface area contributed by atoms with Gasteiger partial charge in [-0.3, -0.25) is 0 Å². The lowest BCUT2D eigenvalue weighted by atomic mass is 9.84. The van der Waals surface area contributed by atoms with Crippen molar-refractivity contribution in [2.24, 2.45) is 5.92 Å². The second kappa shape index (κ2) is 10.5. The third-order valence-electron chi connectivity index (χ3n) is 6.29. The molecule has 0 spiro atoms. The third kappa shape index (κ3) is 5.16. The molecule has 1 heterocycles. The van der Waals surface area contributed by atoms with E-state index in [1.807, 2.05) is 73.7 Å². The minimum Gasteiger partial charge on any atom is -0.388 e. The highest BCUT2D eigenvalue weighted by Gasteiger charge is 2.28.